The fraction of sp³-hybridized carbons (Fsp3) is 0.812. The van der Waals surface area contributed by atoms with Crippen molar-refractivity contribution in [1.82, 2.24) is 20.0 Å². The van der Waals surface area contributed by atoms with Crippen LogP contribution in [0, 0.1) is 12.8 Å². The molecule has 20 heavy (non-hydrogen) atoms. The highest BCUT2D eigenvalue weighted by Gasteiger charge is 2.40. The number of nitrogens with zero attached hydrogens (tertiary/aromatic N) is 3. The first-order valence-corrected chi connectivity index (χ1v) is 8.11. The van der Waals surface area contributed by atoms with Gasteiger partial charge in [-0.3, -0.25) is 9.58 Å². The van der Waals surface area contributed by atoms with Crippen LogP contribution in [0.2, 0.25) is 0 Å². The Labute approximate surface area is 122 Å². The lowest BCUT2D eigenvalue weighted by atomic mass is 9.89. The van der Waals surface area contributed by atoms with Crippen molar-refractivity contribution < 1.29 is 0 Å². The minimum Gasteiger partial charge on any atom is -0.319 e. The number of nitrogens with one attached hydrogen (secondary N) is 1. The fourth-order valence-corrected chi connectivity index (χ4v) is 3.90. The van der Waals surface area contributed by atoms with E-state index in [4.69, 9.17) is 0 Å². The molecule has 2 heterocycles. The van der Waals surface area contributed by atoms with E-state index in [1.165, 1.54) is 49.9 Å². The van der Waals surface area contributed by atoms with Crippen LogP contribution in [0.3, 0.4) is 0 Å². The quantitative estimate of drug-likeness (QED) is 0.915. The van der Waals surface area contributed by atoms with Crippen LogP contribution in [0.4, 0.5) is 0 Å². The Balaban J connectivity index is 1.94. The molecule has 4 nitrogen and oxygen atoms in total. The van der Waals surface area contributed by atoms with Gasteiger partial charge in [-0.1, -0.05) is 6.42 Å². The lowest BCUT2D eigenvalue weighted by Gasteiger charge is -2.35. The van der Waals surface area contributed by atoms with Crippen LogP contribution in [0.15, 0.2) is 6.20 Å². The molecule has 4 heteroatoms. The summed E-state index contributed by atoms with van der Waals surface area (Å²) in [5.74, 6) is 0.714. The van der Waals surface area contributed by atoms with E-state index in [1.807, 2.05) is 11.7 Å². The van der Waals surface area contributed by atoms with Crippen molar-refractivity contribution in [2.45, 2.75) is 51.1 Å². The Kier molecular flexibility index (Phi) is 4.13. The van der Waals surface area contributed by atoms with E-state index in [1.54, 1.807) is 0 Å². The van der Waals surface area contributed by atoms with Crippen molar-refractivity contribution in [3.05, 3.63) is 17.5 Å². The Hall–Kier alpha value is -0.870. The zero-order valence-electron chi connectivity index (χ0n) is 13.1. The minimum atomic E-state index is 0.561. The van der Waals surface area contributed by atoms with Crippen LogP contribution in [0.1, 0.15) is 49.4 Å². The first-order chi connectivity index (χ1) is 9.70. The van der Waals surface area contributed by atoms with Gasteiger partial charge in [0.25, 0.3) is 0 Å². The highest BCUT2D eigenvalue weighted by molar-refractivity contribution is 5.22. The van der Waals surface area contributed by atoms with Gasteiger partial charge in [0.2, 0.25) is 0 Å². The SMILES string of the molecule is CNCC1CCCCN(C2CC2)C1c1cn(C)nc1C. The number of aromatic nitrogens is 2. The van der Waals surface area contributed by atoms with Crippen LogP contribution in [0.25, 0.3) is 0 Å². The number of hydrogen-bond acceptors (Lipinski definition) is 3. The van der Waals surface area contributed by atoms with Crippen molar-refractivity contribution in [2.75, 3.05) is 20.1 Å². The average molecular weight is 276 g/mol. The molecule has 0 bridgehead atoms. The summed E-state index contributed by atoms with van der Waals surface area (Å²) in [5.41, 5.74) is 2.67. The van der Waals surface area contributed by atoms with E-state index in [0.29, 0.717) is 12.0 Å². The van der Waals surface area contributed by atoms with Crippen molar-refractivity contribution in [3.63, 3.8) is 0 Å². The second-order valence-corrected chi connectivity index (χ2v) is 6.57. The number of aryl methyl sites for hydroxylation is 2. The van der Waals surface area contributed by atoms with Gasteiger partial charge >= 0.3 is 0 Å². The summed E-state index contributed by atoms with van der Waals surface area (Å²) in [4.78, 5) is 2.79. The van der Waals surface area contributed by atoms with E-state index < -0.39 is 0 Å². The van der Waals surface area contributed by atoms with Crippen LogP contribution in [-0.4, -0.2) is 40.9 Å². The molecule has 2 unspecified atom stereocenters. The van der Waals surface area contributed by atoms with Crippen molar-refractivity contribution in [3.8, 4) is 0 Å². The molecule has 0 aromatic carbocycles. The molecule has 1 N–H and O–H groups in total. The van der Waals surface area contributed by atoms with Gasteiger partial charge in [-0.05, 0) is 58.7 Å². The van der Waals surface area contributed by atoms with Gasteiger partial charge in [0.05, 0.1) is 5.69 Å². The number of rotatable bonds is 4. The van der Waals surface area contributed by atoms with Gasteiger partial charge in [-0.2, -0.15) is 5.10 Å². The molecular formula is C16H28N4. The molecule has 0 amide bonds. The highest BCUT2D eigenvalue weighted by atomic mass is 15.3. The molecule has 2 aliphatic rings. The number of likely N-dealkylation sites (tertiary alicyclic amines) is 1. The van der Waals surface area contributed by atoms with Gasteiger partial charge in [-0.15, -0.1) is 0 Å². The monoisotopic (exact) mass is 276 g/mol. The molecule has 0 radical (unpaired) electrons. The summed E-state index contributed by atoms with van der Waals surface area (Å²) in [7, 11) is 4.13. The van der Waals surface area contributed by atoms with Crippen LogP contribution < -0.4 is 5.32 Å². The molecule has 1 aromatic heterocycles. The Bertz CT molecular complexity index is 449. The normalized spacial score (nSPS) is 28.6. The molecular weight excluding hydrogens is 248 g/mol. The topological polar surface area (TPSA) is 33.1 Å². The van der Waals surface area contributed by atoms with Gasteiger partial charge < -0.3 is 5.32 Å². The predicted molar refractivity (Wildman–Crippen MR) is 81.7 cm³/mol. The molecule has 1 aromatic rings. The molecule has 112 valence electrons. The molecule has 3 rings (SSSR count). The van der Waals surface area contributed by atoms with Gasteiger partial charge in [-0.25, -0.2) is 0 Å². The standard InChI is InChI=1S/C16H28N4/c1-12-15(11-19(3)18-12)16-13(10-17-2)6-4-5-9-20(16)14-7-8-14/h11,13-14,16-17H,4-10H2,1-3H3. The van der Waals surface area contributed by atoms with Crippen molar-refractivity contribution in [1.29, 1.82) is 0 Å². The molecule has 1 saturated heterocycles. The summed E-state index contributed by atoms with van der Waals surface area (Å²) < 4.78 is 1.98. The van der Waals surface area contributed by atoms with Gasteiger partial charge in [0, 0.05) is 30.9 Å². The minimum absolute atomic E-state index is 0.561. The Morgan fingerprint density at radius 1 is 1.30 bits per heavy atom. The van der Waals surface area contributed by atoms with E-state index in [2.05, 4.69) is 35.5 Å². The average Bonchev–Trinajstić information content (AvgIpc) is 3.19. The molecule has 1 aliphatic heterocycles. The Morgan fingerprint density at radius 2 is 2.10 bits per heavy atom. The molecule has 1 aliphatic carbocycles. The fourth-order valence-electron chi connectivity index (χ4n) is 3.90. The Morgan fingerprint density at radius 3 is 2.70 bits per heavy atom. The predicted octanol–water partition coefficient (Wildman–Crippen LogP) is 2.25. The summed E-state index contributed by atoms with van der Waals surface area (Å²) in [6, 6.07) is 1.39. The first kappa shape index (κ1) is 14.1. The van der Waals surface area contributed by atoms with E-state index in [-0.39, 0.29) is 0 Å². The molecule has 0 spiro atoms. The summed E-state index contributed by atoms with van der Waals surface area (Å²) in [6.07, 6.45) is 9.09. The van der Waals surface area contributed by atoms with Crippen molar-refractivity contribution >= 4 is 0 Å². The van der Waals surface area contributed by atoms with E-state index >= 15 is 0 Å². The lowest BCUT2D eigenvalue weighted by molar-refractivity contribution is 0.145. The van der Waals surface area contributed by atoms with Crippen LogP contribution in [0.5, 0.6) is 0 Å². The molecule has 1 saturated carbocycles. The van der Waals surface area contributed by atoms with E-state index in [9.17, 15) is 0 Å². The third kappa shape index (κ3) is 2.77. The maximum atomic E-state index is 4.60. The lowest BCUT2D eigenvalue weighted by Crippen LogP contribution is -2.38. The van der Waals surface area contributed by atoms with Crippen molar-refractivity contribution in [2.24, 2.45) is 13.0 Å². The van der Waals surface area contributed by atoms with Gasteiger partial charge in [0.15, 0.2) is 0 Å². The zero-order chi connectivity index (χ0) is 14.1. The maximum absolute atomic E-state index is 4.60. The maximum Gasteiger partial charge on any atom is 0.0641 e. The van der Waals surface area contributed by atoms with Gasteiger partial charge in [0.1, 0.15) is 0 Å². The summed E-state index contributed by atoms with van der Waals surface area (Å²) in [6.45, 7) is 4.55. The largest absolute Gasteiger partial charge is 0.319 e. The third-order valence-corrected chi connectivity index (χ3v) is 4.90. The second kappa shape index (κ2) is 5.86. The second-order valence-electron chi connectivity index (χ2n) is 6.57. The number of hydrogen-bond donors (Lipinski definition) is 1. The van der Waals surface area contributed by atoms with Crippen LogP contribution >= 0.6 is 0 Å². The first-order valence-electron chi connectivity index (χ1n) is 8.11. The van der Waals surface area contributed by atoms with E-state index in [0.717, 1.165) is 12.6 Å². The smallest absolute Gasteiger partial charge is 0.0641 e. The highest BCUT2D eigenvalue weighted by Crippen LogP contribution is 2.42. The third-order valence-electron chi connectivity index (χ3n) is 4.90. The zero-order valence-corrected chi connectivity index (χ0v) is 13.1. The summed E-state index contributed by atoms with van der Waals surface area (Å²) >= 11 is 0. The summed E-state index contributed by atoms with van der Waals surface area (Å²) in [5, 5.41) is 8.01. The molecule has 2 atom stereocenters. The van der Waals surface area contributed by atoms with Crippen LogP contribution in [-0.2, 0) is 7.05 Å². The molecule has 2 fully saturated rings.